The molecule has 0 spiro atoms. The molecule has 0 saturated carbocycles. The fourth-order valence-corrected chi connectivity index (χ4v) is 4.38. The maximum Gasteiger partial charge on any atom is 0.238 e. The van der Waals surface area contributed by atoms with Crippen LogP contribution in [-0.2, 0) is 22.9 Å². The third-order valence-electron chi connectivity index (χ3n) is 5.15. The maximum absolute atomic E-state index is 11.5. The molecule has 0 amide bonds. The van der Waals surface area contributed by atoms with Crippen molar-refractivity contribution in [3.63, 3.8) is 0 Å². The molecule has 1 heterocycles. The van der Waals surface area contributed by atoms with Crippen molar-refractivity contribution in [1.82, 2.24) is 4.98 Å². The second-order valence-electron chi connectivity index (χ2n) is 6.80. The third kappa shape index (κ3) is 6.18. The second kappa shape index (κ2) is 13.1. The number of nitrogens with one attached hydrogen (secondary N) is 1. The number of primary sulfonamides is 1. The van der Waals surface area contributed by atoms with Gasteiger partial charge >= 0.3 is 0 Å². The van der Waals surface area contributed by atoms with Crippen LogP contribution in [0.1, 0.15) is 71.1 Å². The van der Waals surface area contributed by atoms with Gasteiger partial charge in [-0.05, 0) is 61.1 Å². The minimum absolute atomic E-state index is 0.0831. The summed E-state index contributed by atoms with van der Waals surface area (Å²) in [6.45, 7) is 12.0. The fraction of sp³-hybridized carbons (Fsp3) is 0.385. The third-order valence-corrected chi connectivity index (χ3v) is 6.07. The van der Waals surface area contributed by atoms with E-state index in [1.54, 1.807) is 18.2 Å². The number of benzene rings is 2. The molecule has 7 heteroatoms. The number of hydrogen-bond acceptors (Lipinski definition) is 5. The van der Waals surface area contributed by atoms with Gasteiger partial charge in [-0.2, -0.15) is 0 Å². The summed E-state index contributed by atoms with van der Waals surface area (Å²) in [5.74, 6) is 0. The average Bonchev–Trinajstić information content (AvgIpc) is 2.87. The van der Waals surface area contributed by atoms with Crippen molar-refractivity contribution >= 4 is 32.8 Å². The predicted octanol–water partition coefficient (Wildman–Crippen LogP) is 6.09. The molecule has 0 bridgehead atoms. The minimum atomic E-state index is -3.73. The summed E-state index contributed by atoms with van der Waals surface area (Å²) in [5.41, 5.74) is 12.3. The number of nitrogens with zero attached hydrogens (tertiary/aromatic N) is 1. The minimum Gasteiger partial charge on any atom is -0.398 e. The number of sulfonamides is 1. The van der Waals surface area contributed by atoms with E-state index in [9.17, 15) is 8.42 Å². The Labute approximate surface area is 199 Å². The molecule has 1 aliphatic carbocycles. The molecule has 1 aliphatic rings. The van der Waals surface area contributed by atoms with Crippen LogP contribution in [0.25, 0.3) is 22.2 Å². The number of nitrogens with two attached hydrogens (primary N) is 2. The molecular formula is C26H38N4O2S. The van der Waals surface area contributed by atoms with Gasteiger partial charge in [0.15, 0.2) is 0 Å². The predicted molar refractivity (Wildman–Crippen MR) is 142 cm³/mol. The highest BCUT2D eigenvalue weighted by Crippen LogP contribution is 2.37. The van der Waals surface area contributed by atoms with Crippen LogP contribution in [0.15, 0.2) is 41.3 Å². The lowest BCUT2D eigenvalue weighted by Gasteiger charge is -2.22. The van der Waals surface area contributed by atoms with E-state index in [0.717, 1.165) is 53.4 Å². The van der Waals surface area contributed by atoms with Gasteiger partial charge in [0, 0.05) is 28.4 Å². The zero-order valence-corrected chi connectivity index (χ0v) is 21.5. The largest absolute Gasteiger partial charge is 0.398 e. The summed E-state index contributed by atoms with van der Waals surface area (Å²) in [6.07, 6.45) is 5.28. The highest BCUT2D eigenvalue weighted by molar-refractivity contribution is 7.89. The number of rotatable bonds is 3. The summed E-state index contributed by atoms with van der Waals surface area (Å²) < 4.78 is 23.0. The molecule has 5 N–H and O–H groups in total. The molecule has 1 aromatic heterocycles. The monoisotopic (exact) mass is 470 g/mol. The normalized spacial score (nSPS) is 12.1. The molecule has 0 atom stereocenters. The van der Waals surface area contributed by atoms with Gasteiger partial charge in [-0.15, -0.1) is 0 Å². The van der Waals surface area contributed by atoms with Crippen LogP contribution in [0, 0.1) is 5.41 Å². The first-order valence-electron chi connectivity index (χ1n) is 11.8. The Morgan fingerprint density at radius 3 is 1.94 bits per heavy atom. The van der Waals surface area contributed by atoms with Crippen LogP contribution in [0.4, 0.5) is 5.69 Å². The number of aromatic nitrogens is 1. The Kier molecular flexibility index (Phi) is 11.2. The van der Waals surface area contributed by atoms with Gasteiger partial charge in [0.2, 0.25) is 10.0 Å². The lowest BCUT2D eigenvalue weighted by atomic mass is 9.85. The number of aryl methyl sites for hydroxylation is 1. The molecule has 3 aromatic rings. The summed E-state index contributed by atoms with van der Waals surface area (Å²) >= 11 is 0. The molecule has 180 valence electrons. The van der Waals surface area contributed by atoms with E-state index in [4.69, 9.17) is 21.3 Å². The van der Waals surface area contributed by atoms with Crippen molar-refractivity contribution in [2.45, 2.75) is 72.1 Å². The van der Waals surface area contributed by atoms with E-state index in [1.165, 1.54) is 23.9 Å². The number of fused-ring (bicyclic) bond motifs is 3. The smallest absolute Gasteiger partial charge is 0.238 e. The first-order valence-corrected chi connectivity index (χ1v) is 13.3. The van der Waals surface area contributed by atoms with Crippen molar-refractivity contribution in [3.8, 4) is 11.3 Å². The molecule has 0 unspecified atom stereocenters. The lowest BCUT2D eigenvalue weighted by molar-refractivity contribution is 0.598. The Bertz CT molecular complexity index is 1170. The Balaban J connectivity index is 0.000000841. The molecule has 0 saturated heterocycles. The van der Waals surface area contributed by atoms with Gasteiger partial charge in [-0.1, -0.05) is 53.7 Å². The Morgan fingerprint density at radius 2 is 1.42 bits per heavy atom. The van der Waals surface area contributed by atoms with Crippen LogP contribution in [0.3, 0.4) is 0 Å². The molecule has 0 fully saturated rings. The zero-order chi connectivity index (χ0) is 25.2. The van der Waals surface area contributed by atoms with Crippen molar-refractivity contribution in [2.75, 3.05) is 5.73 Å². The first-order chi connectivity index (χ1) is 15.9. The standard InChI is InChI=1S/C20H20N4O2S.3C2H6/c21-11-16-17(22)9-10-18-19(16)14-3-1-2-4-15(14)20(24-18)12-5-7-13(8-6-12)27(23,25)26;3*1-2/h5-11,21H,1-4,22H2,(H2,23,25,26);3*1-2H3. The van der Waals surface area contributed by atoms with Gasteiger partial charge in [0.05, 0.1) is 16.1 Å². The van der Waals surface area contributed by atoms with Crippen LogP contribution in [0.2, 0.25) is 0 Å². The molecule has 33 heavy (non-hydrogen) atoms. The number of pyridine rings is 1. The van der Waals surface area contributed by atoms with Gasteiger partial charge < -0.3 is 11.1 Å². The van der Waals surface area contributed by atoms with E-state index < -0.39 is 10.0 Å². The van der Waals surface area contributed by atoms with Crippen LogP contribution in [0.5, 0.6) is 0 Å². The maximum atomic E-state index is 11.5. The zero-order valence-electron chi connectivity index (χ0n) is 20.7. The van der Waals surface area contributed by atoms with Crippen molar-refractivity contribution in [2.24, 2.45) is 5.14 Å². The van der Waals surface area contributed by atoms with Crippen LogP contribution in [-0.4, -0.2) is 19.6 Å². The first kappa shape index (κ1) is 28.3. The second-order valence-corrected chi connectivity index (χ2v) is 8.36. The molecule has 6 nitrogen and oxygen atoms in total. The van der Waals surface area contributed by atoms with E-state index in [1.807, 2.05) is 47.6 Å². The molecule has 0 radical (unpaired) electrons. The highest BCUT2D eigenvalue weighted by Gasteiger charge is 2.21. The molecule has 0 aliphatic heterocycles. The SMILES string of the molecule is CC.CC.CC.N=Cc1c(N)ccc2nc(-c3ccc(S(N)(=O)=O)cc3)c3c(c12)CCCC3. The van der Waals surface area contributed by atoms with E-state index >= 15 is 0 Å². The van der Waals surface area contributed by atoms with Crippen molar-refractivity contribution in [1.29, 1.82) is 5.41 Å². The van der Waals surface area contributed by atoms with Crippen molar-refractivity contribution in [3.05, 3.63) is 53.1 Å². The summed E-state index contributed by atoms with van der Waals surface area (Å²) in [7, 11) is -3.73. The highest BCUT2D eigenvalue weighted by atomic mass is 32.2. The molecular weight excluding hydrogens is 432 g/mol. The molecule has 4 rings (SSSR count). The van der Waals surface area contributed by atoms with Gasteiger partial charge in [-0.25, -0.2) is 18.5 Å². The topological polar surface area (TPSA) is 123 Å². The summed E-state index contributed by atoms with van der Waals surface area (Å²) in [4.78, 5) is 4.94. The summed E-state index contributed by atoms with van der Waals surface area (Å²) in [5, 5.41) is 13.9. The van der Waals surface area contributed by atoms with Gasteiger partial charge in [0.1, 0.15) is 0 Å². The number of anilines is 1. The van der Waals surface area contributed by atoms with Crippen molar-refractivity contribution < 1.29 is 8.42 Å². The fourth-order valence-electron chi connectivity index (χ4n) is 3.86. The Hall–Kier alpha value is -2.77. The summed E-state index contributed by atoms with van der Waals surface area (Å²) in [6, 6.07) is 10.2. The Morgan fingerprint density at radius 1 is 0.879 bits per heavy atom. The van der Waals surface area contributed by atoms with Crippen LogP contribution >= 0.6 is 0 Å². The van der Waals surface area contributed by atoms with Crippen LogP contribution < -0.4 is 10.9 Å². The number of hydrogen-bond donors (Lipinski definition) is 3. The number of nitrogen functional groups attached to an aromatic ring is 1. The van der Waals surface area contributed by atoms with E-state index in [2.05, 4.69) is 0 Å². The van der Waals surface area contributed by atoms with Gasteiger partial charge in [0.25, 0.3) is 0 Å². The lowest BCUT2D eigenvalue weighted by Crippen LogP contribution is -2.12. The van der Waals surface area contributed by atoms with E-state index in [-0.39, 0.29) is 4.90 Å². The average molecular weight is 471 g/mol. The van der Waals surface area contributed by atoms with Gasteiger partial charge in [-0.3, -0.25) is 0 Å². The van der Waals surface area contributed by atoms with E-state index in [0.29, 0.717) is 11.3 Å². The quantitative estimate of drug-likeness (QED) is 0.317. The molecule has 2 aromatic carbocycles.